The van der Waals surface area contributed by atoms with Crippen molar-refractivity contribution < 1.29 is 29.7 Å². The van der Waals surface area contributed by atoms with E-state index in [0.717, 1.165) is 0 Å². The van der Waals surface area contributed by atoms with Crippen LogP contribution in [0.1, 0.15) is 48.5 Å². The molecular formula is C25H28N6O6. The Labute approximate surface area is 213 Å². The van der Waals surface area contributed by atoms with Gasteiger partial charge in [0.15, 0.2) is 0 Å². The number of carboxylic acids is 3. The molecule has 5 N–H and O–H groups in total. The zero-order chi connectivity index (χ0) is 26.6. The van der Waals surface area contributed by atoms with Crippen LogP contribution in [0.4, 0.5) is 0 Å². The summed E-state index contributed by atoms with van der Waals surface area (Å²) in [7, 11) is 0. The Morgan fingerprint density at radius 2 is 1.00 bits per heavy atom. The van der Waals surface area contributed by atoms with E-state index in [1.54, 1.807) is 36.4 Å². The molecule has 3 aromatic rings. The molecule has 12 heteroatoms. The van der Waals surface area contributed by atoms with Gasteiger partial charge in [0.05, 0.1) is 17.1 Å². The first-order valence-electron chi connectivity index (χ1n) is 11.5. The summed E-state index contributed by atoms with van der Waals surface area (Å²) in [5, 5.41) is 33.9. The van der Waals surface area contributed by atoms with Crippen LogP contribution in [-0.2, 0) is 19.6 Å². The number of hydrogen-bond donors (Lipinski definition) is 5. The lowest BCUT2D eigenvalue weighted by molar-refractivity contribution is 0.0679. The van der Waals surface area contributed by atoms with Gasteiger partial charge < -0.3 is 26.0 Å². The lowest BCUT2D eigenvalue weighted by Crippen LogP contribution is -2.36. The molecule has 3 aromatic heterocycles. The van der Waals surface area contributed by atoms with Crippen LogP contribution in [0.3, 0.4) is 0 Å². The summed E-state index contributed by atoms with van der Waals surface area (Å²) >= 11 is 0. The SMILES string of the molecule is O=C(O)c1cccc(CNCCN(CCNCc2cccc(C(=O)O)n2)Cc2cccc(C(=O)O)n2)n1. The van der Waals surface area contributed by atoms with Crippen LogP contribution in [0.15, 0.2) is 54.6 Å². The quantitative estimate of drug-likeness (QED) is 0.186. The molecule has 0 aliphatic rings. The number of rotatable bonds is 15. The van der Waals surface area contributed by atoms with Crippen molar-refractivity contribution in [1.82, 2.24) is 30.5 Å². The van der Waals surface area contributed by atoms with Gasteiger partial charge in [-0.05, 0) is 36.4 Å². The van der Waals surface area contributed by atoms with Crippen LogP contribution in [0.25, 0.3) is 0 Å². The third-order valence-electron chi connectivity index (χ3n) is 5.29. The van der Waals surface area contributed by atoms with E-state index in [2.05, 4.69) is 30.5 Å². The molecule has 0 bridgehead atoms. The van der Waals surface area contributed by atoms with E-state index in [1.807, 2.05) is 0 Å². The molecule has 0 fully saturated rings. The van der Waals surface area contributed by atoms with Crippen LogP contribution in [-0.4, -0.2) is 79.3 Å². The zero-order valence-corrected chi connectivity index (χ0v) is 20.0. The summed E-state index contributed by atoms with van der Waals surface area (Å²) in [6.07, 6.45) is 0. The van der Waals surface area contributed by atoms with Crippen molar-refractivity contribution in [3.63, 3.8) is 0 Å². The highest BCUT2D eigenvalue weighted by molar-refractivity contribution is 5.86. The molecule has 0 amide bonds. The number of carboxylic acid groups (broad SMARTS) is 3. The Bertz CT molecular complexity index is 1170. The fourth-order valence-electron chi connectivity index (χ4n) is 3.49. The van der Waals surface area contributed by atoms with Gasteiger partial charge >= 0.3 is 17.9 Å². The summed E-state index contributed by atoms with van der Waals surface area (Å²) < 4.78 is 0. The van der Waals surface area contributed by atoms with Crippen molar-refractivity contribution in [3.05, 3.63) is 88.8 Å². The standard InChI is InChI=1S/C25H28N6O6/c32-23(33)20-7-1-4-17(28-20)14-26-10-12-31(16-19-6-3-9-22(30-19)25(36)37)13-11-27-15-18-5-2-8-21(29-18)24(34)35/h1-9,26-27H,10-16H2,(H,32,33)(H,34,35)(H,36,37). The highest BCUT2D eigenvalue weighted by Gasteiger charge is 2.11. The molecule has 37 heavy (non-hydrogen) atoms. The van der Waals surface area contributed by atoms with Crippen LogP contribution in [0, 0.1) is 0 Å². The number of nitrogens with zero attached hydrogens (tertiary/aromatic N) is 4. The first-order valence-corrected chi connectivity index (χ1v) is 11.5. The first kappa shape index (κ1) is 27.3. The molecule has 0 spiro atoms. The van der Waals surface area contributed by atoms with Crippen LogP contribution >= 0.6 is 0 Å². The van der Waals surface area contributed by atoms with Crippen LogP contribution < -0.4 is 10.6 Å². The third-order valence-corrected chi connectivity index (χ3v) is 5.29. The molecule has 0 unspecified atom stereocenters. The topological polar surface area (TPSA) is 178 Å². The number of nitrogens with one attached hydrogen (secondary N) is 2. The average Bonchev–Trinajstić information content (AvgIpc) is 2.89. The molecule has 3 heterocycles. The van der Waals surface area contributed by atoms with Gasteiger partial charge in [-0.2, -0.15) is 0 Å². The number of aromatic carboxylic acids is 3. The Morgan fingerprint density at radius 1 is 0.622 bits per heavy atom. The largest absolute Gasteiger partial charge is 0.477 e. The van der Waals surface area contributed by atoms with E-state index in [1.165, 1.54) is 18.2 Å². The fourth-order valence-corrected chi connectivity index (χ4v) is 3.49. The van der Waals surface area contributed by atoms with E-state index in [4.69, 9.17) is 10.2 Å². The van der Waals surface area contributed by atoms with Crippen LogP contribution in [0.5, 0.6) is 0 Å². The maximum absolute atomic E-state index is 11.3. The van der Waals surface area contributed by atoms with Gasteiger partial charge in [-0.1, -0.05) is 18.2 Å². The first-order chi connectivity index (χ1) is 17.8. The molecule has 0 aliphatic carbocycles. The van der Waals surface area contributed by atoms with E-state index < -0.39 is 17.9 Å². The van der Waals surface area contributed by atoms with Gasteiger partial charge in [-0.25, -0.2) is 29.3 Å². The molecule has 0 saturated carbocycles. The minimum Gasteiger partial charge on any atom is -0.477 e. The summed E-state index contributed by atoms with van der Waals surface area (Å²) in [4.78, 5) is 48.0. The van der Waals surface area contributed by atoms with Crippen molar-refractivity contribution in [2.45, 2.75) is 19.6 Å². The van der Waals surface area contributed by atoms with Gasteiger partial charge in [-0.15, -0.1) is 0 Å². The maximum Gasteiger partial charge on any atom is 0.354 e. The van der Waals surface area contributed by atoms with E-state index in [9.17, 15) is 19.5 Å². The average molecular weight is 509 g/mol. The maximum atomic E-state index is 11.3. The highest BCUT2D eigenvalue weighted by atomic mass is 16.4. The number of hydrogen-bond acceptors (Lipinski definition) is 9. The lowest BCUT2D eigenvalue weighted by atomic mass is 10.2. The van der Waals surface area contributed by atoms with Crippen molar-refractivity contribution in [1.29, 1.82) is 0 Å². The molecule has 12 nitrogen and oxygen atoms in total. The molecule has 0 radical (unpaired) electrons. The van der Waals surface area contributed by atoms with Gasteiger partial charge in [0, 0.05) is 45.8 Å². The monoisotopic (exact) mass is 508 g/mol. The Hall–Kier alpha value is -4.26. The highest BCUT2D eigenvalue weighted by Crippen LogP contribution is 2.05. The lowest BCUT2D eigenvalue weighted by Gasteiger charge is -2.22. The minimum atomic E-state index is -1.09. The summed E-state index contributed by atoms with van der Waals surface area (Å²) in [5.41, 5.74) is 1.79. The molecule has 3 rings (SSSR count). The van der Waals surface area contributed by atoms with Crippen molar-refractivity contribution in [2.75, 3.05) is 26.2 Å². The smallest absolute Gasteiger partial charge is 0.354 e. The molecule has 0 atom stereocenters. The third kappa shape index (κ3) is 9.04. The molecular weight excluding hydrogens is 480 g/mol. The fraction of sp³-hybridized carbons (Fsp3) is 0.280. The van der Waals surface area contributed by atoms with Gasteiger partial charge in [0.25, 0.3) is 0 Å². The Balaban J connectivity index is 1.55. The predicted molar refractivity (Wildman–Crippen MR) is 132 cm³/mol. The van der Waals surface area contributed by atoms with Crippen molar-refractivity contribution >= 4 is 17.9 Å². The zero-order valence-electron chi connectivity index (χ0n) is 20.0. The number of aromatic nitrogens is 3. The molecule has 0 saturated heterocycles. The molecule has 0 aliphatic heterocycles. The number of carbonyl (C=O) groups is 3. The second kappa shape index (κ2) is 13.7. The van der Waals surface area contributed by atoms with E-state index in [0.29, 0.717) is 62.9 Å². The van der Waals surface area contributed by atoms with Crippen molar-refractivity contribution in [3.8, 4) is 0 Å². The summed E-state index contributed by atoms with van der Waals surface area (Å²) in [6, 6.07) is 14.5. The normalized spacial score (nSPS) is 10.9. The Morgan fingerprint density at radius 3 is 1.41 bits per heavy atom. The van der Waals surface area contributed by atoms with Crippen molar-refractivity contribution in [2.24, 2.45) is 0 Å². The molecule has 0 aromatic carbocycles. The Kier molecular flexibility index (Phi) is 10.1. The van der Waals surface area contributed by atoms with Gasteiger partial charge in [0.2, 0.25) is 0 Å². The van der Waals surface area contributed by atoms with E-state index >= 15 is 0 Å². The van der Waals surface area contributed by atoms with Crippen LogP contribution in [0.2, 0.25) is 0 Å². The number of pyridine rings is 3. The minimum absolute atomic E-state index is 0.0141. The second-order valence-electron chi connectivity index (χ2n) is 8.09. The van der Waals surface area contributed by atoms with Gasteiger partial charge in [-0.3, -0.25) is 4.90 Å². The molecule has 194 valence electrons. The van der Waals surface area contributed by atoms with E-state index in [-0.39, 0.29) is 17.1 Å². The summed E-state index contributed by atoms with van der Waals surface area (Å²) in [6.45, 7) is 3.55. The summed E-state index contributed by atoms with van der Waals surface area (Å²) in [5.74, 6) is -3.26. The van der Waals surface area contributed by atoms with Gasteiger partial charge in [0.1, 0.15) is 17.1 Å². The predicted octanol–water partition coefficient (Wildman–Crippen LogP) is 1.35. The second-order valence-corrected chi connectivity index (χ2v) is 8.09.